The summed E-state index contributed by atoms with van der Waals surface area (Å²) in [5.41, 5.74) is 0.737. The van der Waals surface area contributed by atoms with E-state index >= 15 is 0 Å². The van der Waals surface area contributed by atoms with Crippen molar-refractivity contribution >= 4 is 29.0 Å². The number of halogens is 1. The number of nitrogens with one attached hydrogen (secondary N) is 1. The van der Waals surface area contributed by atoms with E-state index in [9.17, 15) is 4.79 Å². The van der Waals surface area contributed by atoms with Crippen molar-refractivity contribution in [1.82, 2.24) is 4.98 Å². The third-order valence-corrected chi connectivity index (χ3v) is 2.80. The van der Waals surface area contributed by atoms with E-state index in [4.69, 9.17) is 11.6 Å². The first-order valence-electron chi connectivity index (χ1n) is 5.31. The largest absolute Gasteiger partial charge is 0.352 e. The van der Waals surface area contributed by atoms with Crippen LogP contribution in [0.2, 0.25) is 5.15 Å². The summed E-state index contributed by atoms with van der Waals surface area (Å²) in [4.78, 5) is 17.9. The molecule has 0 fully saturated rings. The van der Waals surface area contributed by atoms with Crippen LogP contribution in [-0.2, 0) is 4.79 Å². The molecule has 1 aromatic heterocycles. The molecule has 2 rings (SSSR count). The van der Waals surface area contributed by atoms with Crippen LogP contribution in [0.5, 0.6) is 0 Å². The highest BCUT2D eigenvalue weighted by Gasteiger charge is 2.22. The number of nitrogens with zero attached hydrogens (tertiary/aromatic N) is 2. The molecule has 0 aliphatic carbocycles. The highest BCUT2D eigenvalue weighted by molar-refractivity contribution is 6.29. The molecule has 2 heterocycles. The summed E-state index contributed by atoms with van der Waals surface area (Å²) in [6.07, 6.45) is 0.478. The molecule has 16 heavy (non-hydrogen) atoms. The van der Waals surface area contributed by atoms with Crippen molar-refractivity contribution in [3.8, 4) is 0 Å². The highest BCUT2D eigenvalue weighted by Crippen LogP contribution is 2.29. The van der Waals surface area contributed by atoms with Gasteiger partial charge in [-0.05, 0) is 26.0 Å². The maximum absolute atomic E-state index is 11.5. The van der Waals surface area contributed by atoms with Gasteiger partial charge in [-0.25, -0.2) is 4.98 Å². The molecule has 5 heteroatoms. The van der Waals surface area contributed by atoms with Gasteiger partial charge >= 0.3 is 0 Å². The van der Waals surface area contributed by atoms with Gasteiger partial charge in [0, 0.05) is 19.0 Å². The second-order valence-electron chi connectivity index (χ2n) is 4.09. The molecule has 4 nitrogen and oxygen atoms in total. The van der Waals surface area contributed by atoms with E-state index in [-0.39, 0.29) is 11.9 Å². The summed E-state index contributed by atoms with van der Waals surface area (Å²) in [5, 5.41) is 3.28. The Morgan fingerprint density at radius 2 is 2.25 bits per heavy atom. The van der Waals surface area contributed by atoms with Crippen molar-refractivity contribution in [2.24, 2.45) is 0 Å². The molecule has 0 radical (unpaired) electrons. The van der Waals surface area contributed by atoms with Crippen LogP contribution in [0.25, 0.3) is 0 Å². The van der Waals surface area contributed by atoms with Crippen LogP contribution in [0.4, 0.5) is 11.5 Å². The number of rotatable bonds is 1. The smallest absolute Gasteiger partial charge is 0.226 e. The van der Waals surface area contributed by atoms with Gasteiger partial charge in [-0.2, -0.15) is 0 Å². The minimum absolute atomic E-state index is 0.0218. The molecule has 0 atom stereocenters. The lowest BCUT2D eigenvalue weighted by molar-refractivity contribution is -0.115. The predicted octanol–water partition coefficient (Wildman–Crippen LogP) is 2.29. The monoisotopic (exact) mass is 239 g/mol. The number of carbonyl (C=O) groups is 1. The van der Waals surface area contributed by atoms with Crippen LogP contribution in [0, 0.1) is 0 Å². The summed E-state index contributed by atoms with van der Waals surface area (Å²) >= 11 is 5.89. The molecule has 0 spiro atoms. The Hall–Kier alpha value is -1.29. The van der Waals surface area contributed by atoms with E-state index in [1.165, 1.54) is 0 Å². The van der Waals surface area contributed by atoms with Gasteiger partial charge in [-0.3, -0.25) is 4.79 Å². The van der Waals surface area contributed by atoms with E-state index in [0.717, 1.165) is 11.5 Å². The number of pyridine rings is 1. The third kappa shape index (κ3) is 2.11. The van der Waals surface area contributed by atoms with Crippen molar-refractivity contribution in [3.63, 3.8) is 0 Å². The van der Waals surface area contributed by atoms with Gasteiger partial charge in [0.2, 0.25) is 5.91 Å². The molecule has 1 aliphatic heterocycles. The first-order valence-corrected chi connectivity index (χ1v) is 5.69. The van der Waals surface area contributed by atoms with Gasteiger partial charge in [0.15, 0.2) is 5.82 Å². The van der Waals surface area contributed by atoms with Crippen molar-refractivity contribution in [2.45, 2.75) is 26.3 Å². The van der Waals surface area contributed by atoms with E-state index in [0.29, 0.717) is 18.1 Å². The number of fused-ring (bicyclic) bond motifs is 1. The SMILES string of the molecule is CC(C)N1CCC(=O)Nc2ccc(Cl)nc21. The summed E-state index contributed by atoms with van der Waals surface area (Å²) in [5.74, 6) is 0.780. The van der Waals surface area contributed by atoms with Gasteiger partial charge in [0.05, 0.1) is 5.69 Å². The maximum Gasteiger partial charge on any atom is 0.226 e. The topological polar surface area (TPSA) is 45.2 Å². The molecule has 86 valence electrons. The van der Waals surface area contributed by atoms with E-state index in [1.807, 2.05) is 0 Å². The first kappa shape index (κ1) is 11.2. The Bertz CT molecular complexity index is 420. The van der Waals surface area contributed by atoms with Crippen molar-refractivity contribution < 1.29 is 4.79 Å². The molecule has 0 bridgehead atoms. The second kappa shape index (κ2) is 4.29. The van der Waals surface area contributed by atoms with Crippen molar-refractivity contribution in [2.75, 3.05) is 16.8 Å². The van der Waals surface area contributed by atoms with Gasteiger partial charge in [-0.15, -0.1) is 0 Å². The number of aromatic nitrogens is 1. The van der Waals surface area contributed by atoms with Crippen LogP contribution < -0.4 is 10.2 Å². The summed E-state index contributed by atoms with van der Waals surface area (Å²) in [6.45, 7) is 4.81. The molecule has 0 saturated carbocycles. The fourth-order valence-corrected chi connectivity index (χ4v) is 1.93. The first-order chi connectivity index (χ1) is 7.58. The quantitative estimate of drug-likeness (QED) is 0.765. The Labute approximate surface area is 99.6 Å². The zero-order valence-electron chi connectivity index (χ0n) is 9.33. The zero-order chi connectivity index (χ0) is 11.7. The number of hydrogen-bond donors (Lipinski definition) is 1. The second-order valence-corrected chi connectivity index (χ2v) is 4.48. The van der Waals surface area contributed by atoms with Gasteiger partial charge in [0.25, 0.3) is 0 Å². The average molecular weight is 240 g/mol. The normalized spacial score (nSPS) is 15.8. The molecule has 1 amide bonds. The van der Waals surface area contributed by atoms with Gasteiger partial charge in [0.1, 0.15) is 5.15 Å². The zero-order valence-corrected chi connectivity index (χ0v) is 10.1. The van der Waals surface area contributed by atoms with Crippen LogP contribution >= 0.6 is 11.6 Å². The van der Waals surface area contributed by atoms with Crippen LogP contribution in [0.15, 0.2) is 12.1 Å². The average Bonchev–Trinajstić information content (AvgIpc) is 2.36. The summed E-state index contributed by atoms with van der Waals surface area (Å²) < 4.78 is 0. The Balaban J connectivity index is 2.47. The number of hydrogen-bond acceptors (Lipinski definition) is 3. The minimum Gasteiger partial charge on any atom is -0.352 e. The van der Waals surface area contributed by atoms with Crippen molar-refractivity contribution in [1.29, 1.82) is 0 Å². The Kier molecular flexibility index (Phi) is 3.01. The van der Waals surface area contributed by atoms with Gasteiger partial charge in [-0.1, -0.05) is 11.6 Å². The predicted molar refractivity (Wildman–Crippen MR) is 65.0 cm³/mol. The lowest BCUT2D eigenvalue weighted by atomic mass is 10.3. The molecule has 1 N–H and O–H groups in total. The number of carbonyl (C=O) groups excluding carboxylic acids is 1. The molecule has 1 aromatic rings. The maximum atomic E-state index is 11.5. The summed E-state index contributed by atoms with van der Waals surface area (Å²) in [7, 11) is 0. The fraction of sp³-hybridized carbons (Fsp3) is 0.455. The molecule has 0 saturated heterocycles. The fourth-order valence-electron chi connectivity index (χ4n) is 1.79. The van der Waals surface area contributed by atoms with E-state index in [1.54, 1.807) is 12.1 Å². The Morgan fingerprint density at radius 1 is 1.50 bits per heavy atom. The molecule has 1 aliphatic rings. The lowest BCUT2D eigenvalue weighted by Gasteiger charge is -2.26. The van der Waals surface area contributed by atoms with E-state index < -0.39 is 0 Å². The van der Waals surface area contributed by atoms with E-state index in [2.05, 4.69) is 29.0 Å². The summed E-state index contributed by atoms with van der Waals surface area (Å²) in [6, 6.07) is 3.77. The molecular formula is C11H14ClN3O. The number of anilines is 2. The standard InChI is InChI=1S/C11H14ClN3O/c1-7(2)15-6-5-10(16)13-8-3-4-9(12)14-11(8)15/h3-4,7H,5-6H2,1-2H3,(H,13,16). The molecule has 0 unspecified atom stereocenters. The molecular weight excluding hydrogens is 226 g/mol. The highest BCUT2D eigenvalue weighted by atomic mass is 35.5. The minimum atomic E-state index is 0.0218. The van der Waals surface area contributed by atoms with Crippen molar-refractivity contribution in [3.05, 3.63) is 17.3 Å². The third-order valence-electron chi connectivity index (χ3n) is 2.59. The van der Waals surface area contributed by atoms with Crippen LogP contribution in [0.1, 0.15) is 20.3 Å². The Morgan fingerprint density at radius 3 is 2.94 bits per heavy atom. The lowest BCUT2D eigenvalue weighted by Crippen LogP contribution is -2.32. The number of amides is 1. The van der Waals surface area contributed by atoms with Gasteiger partial charge < -0.3 is 10.2 Å². The van der Waals surface area contributed by atoms with Crippen LogP contribution in [-0.4, -0.2) is 23.5 Å². The molecule has 0 aromatic carbocycles. The van der Waals surface area contributed by atoms with Crippen LogP contribution in [0.3, 0.4) is 0 Å².